The maximum Gasteiger partial charge on any atom is 0.266 e. The number of hydrogen-bond donors (Lipinski definition) is 1. The van der Waals surface area contributed by atoms with Gasteiger partial charge in [0.05, 0.1) is 22.3 Å². The molecule has 30 heavy (non-hydrogen) atoms. The first-order valence-electron chi connectivity index (χ1n) is 10.6. The highest BCUT2D eigenvalue weighted by molar-refractivity contribution is 7.99. The van der Waals surface area contributed by atoms with Gasteiger partial charge in [-0.2, -0.15) is 0 Å². The Morgan fingerprint density at radius 3 is 2.63 bits per heavy atom. The van der Waals surface area contributed by atoms with Crippen molar-refractivity contribution in [2.45, 2.75) is 44.2 Å². The molecule has 1 saturated carbocycles. The molecule has 3 aromatic rings. The lowest BCUT2D eigenvalue weighted by Crippen LogP contribution is -2.28. The second-order valence-corrected chi connectivity index (χ2v) is 8.93. The molecule has 1 aromatic heterocycles. The minimum Gasteiger partial charge on any atom is -0.355 e. The van der Waals surface area contributed by atoms with Crippen LogP contribution in [0.3, 0.4) is 0 Å². The summed E-state index contributed by atoms with van der Waals surface area (Å²) in [4.78, 5) is 30.3. The van der Waals surface area contributed by atoms with Crippen molar-refractivity contribution in [2.24, 2.45) is 5.92 Å². The summed E-state index contributed by atoms with van der Waals surface area (Å²) in [5.74, 6) is 1.32. The average molecular weight is 422 g/mol. The van der Waals surface area contributed by atoms with Crippen LogP contribution in [0.2, 0.25) is 0 Å². The standard InChI is InChI=1S/C24H27N3O2S/c1-3-16(2)18-10-12-19(13-11-18)27-23(29)20-6-4-5-7-21(20)26-24(27)30-15-22(28)25-14-17-8-9-17/h4-7,10-13,16-17H,3,8-9,14-15H2,1-2H3,(H,25,28). The summed E-state index contributed by atoms with van der Waals surface area (Å²) >= 11 is 1.31. The van der Waals surface area contributed by atoms with Gasteiger partial charge in [-0.15, -0.1) is 0 Å². The molecular formula is C24H27N3O2S. The number of fused-ring (bicyclic) bond motifs is 1. The van der Waals surface area contributed by atoms with Crippen LogP contribution in [0.15, 0.2) is 58.5 Å². The zero-order valence-electron chi connectivity index (χ0n) is 17.4. The van der Waals surface area contributed by atoms with E-state index in [0.717, 1.165) is 18.7 Å². The van der Waals surface area contributed by atoms with Crippen LogP contribution < -0.4 is 10.9 Å². The zero-order chi connectivity index (χ0) is 21.1. The zero-order valence-corrected chi connectivity index (χ0v) is 18.2. The molecule has 0 bridgehead atoms. The van der Waals surface area contributed by atoms with Crippen LogP contribution in [-0.2, 0) is 4.79 Å². The summed E-state index contributed by atoms with van der Waals surface area (Å²) in [5.41, 5.74) is 2.55. The number of rotatable bonds is 8. The molecule has 0 spiro atoms. The minimum atomic E-state index is -0.113. The monoisotopic (exact) mass is 421 g/mol. The summed E-state index contributed by atoms with van der Waals surface area (Å²) in [7, 11) is 0. The fourth-order valence-electron chi connectivity index (χ4n) is 3.39. The number of benzene rings is 2. The van der Waals surface area contributed by atoms with Crippen molar-refractivity contribution in [1.82, 2.24) is 14.9 Å². The van der Waals surface area contributed by atoms with Crippen LogP contribution in [0.25, 0.3) is 16.6 Å². The van der Waals surface area contributed by atoms with E-state index in [-0.39, 0.29) is 17.2 Å². The Bertz CT molecular complexity index is 1100. The van der Waals surface area contributed by atoms with E-state index >= 15 is 0 Å². The van der Waals surface area contributed by atoms with E-state index in [0.29, 0.717) is 27.9 Å². The summed E-state index contributed by atoms with van der Waals surface area (Å²) in [6.07, 6.45) is 3.46. The summed E-state index contributed by atoms with van der Waals surface area (Å²) < 4.78 is 1.63. The van der Waals surface area contributed by atoms with Crippen LogP contribution in [0, 0.1) is 5.92 Å². The maximum atomic E-state index is 13.3. The Hall–Kier alpha value is -2.60. The topological polar surface area (TPSA) is 64.0 Å². The SMILES string of the molecule is CCC(C)c1ccc(-n2c(SCC(=O)NCC3CC3)nc3ccccc3c2=O)cc1. The van der Waals surface area contributed by atoms with Gasteiger partial charge in [-0.3, -0.25) is 14.2 Å². The Morgan fingerprint density at radius 2 is 1.93 bits per heavy atom. The van der Waals surface area contributed by atoms with Gasteiger partial charge >= 0.3 is 0 Å². The number of para-hydroxylation sites is 1. The van der Waals surface area contributed by atoms with Gasteiger partial charge in [-0.05, 0) is 60.9 Å². The Labute approximate surface area is 180 Å². The molecule has 1 aliphatic carbocycles. The predicted octanol–water partition coefficient (Wildman–Crippen LogP) is 4.52. The van der Waals surface area contributed by atoms with Crippen molar-refractivity contribution in [2.75, 3.05) is 12.3 Å². The third-order valence-corrected chi connectivity index (χ3v) is 6.63. The number of thioether (sulfide) groups is 1. The summed E-state index contributed by atoms with van der Waals surface area (Å²) in [6, 6.07) is 15.4. The summed E-state index contributed by atoms with van der Waals surface area (Å²) in [5, 5.41) is 4.09. The van der Waals surface area contributed by atoms with Gasteiger partial charge in [0.1, 0.15) is 0 Å². The van der Waals surface area contributed by atoms with E-state index < -0.39 is 0 Å². The third kappa shape index (κ3) is 4.59. The molecule has 1 amide bonds. The molecule has 0 radical (unpaired) electrons. The van der Waals surface area contributed by atoms with Crippen molar-refractivity contribution in [3.05, 3.63) is 64.4 Å². The molecule has 1 aliphatic rings. The second kappa shape index (κ2) is 9.04. The Balaban J connectivity index is 1.67. The van der Waals surface area contributed by atoms with Crippen molar-refractivity contribution in [1.29, 1.82) is 0 Å². The number of nitrogens with one attached hydrogen (secondary N) is 1. The number of aromatic nitrogens is 2. The largest absolute Gasteiger partial charge is 0.355 e. The van der Waals surface area contributed by atoms with Crippen LogP contribution in [0.4, 0.5) is 0 Å². The highest BCUT2D eigenvalue weighted by Crippen LogP contribution is 2.28. The van der Waals surface area contributed by atoms with Crippen LogP contribution in [0.1, 0.15) is 44.6 Å². The molecule has 1 atom stereocenters. The van der Waals surface area contributed by atoms with Gasteiger partial charge < -0.3 is 5.32 Å². The Kier molecular flexibility index (Phi) is 6.23. The molecule has 4 rings (SSSR count). The van der Waals surface area contributed by atoms with Crippen LogP contribution in [0.5, 0.6) is 0 Å². The molecule has 0 aliphatic heterocycles. The third-order valence-electron chi connectivity index (χ3n) is 5.69. The lowest BCUT2D eigenvalue weighted by Gasteiger charge is -2.15. The lowest BCUT2D eigenvalue weighted by molar-refractivity contribution is -0.118. The Morgan fingerprint density at radius 1 is 1.20 bits per heavy atom. The highest BCUT2D eigenvalue weighted by atomic mass is 32.2. The van der Waals surface area contributed by atoms with Gasteiger partial charge in [-0.25, -0.2) is 4.98 Å². The number of nitrogens with zero attached hydrogens (tertiary/aromatic N) is 2. The first-order valence-corrected chi connectivity index (χ1v) is 11.6. The van der Waals surface area contributed by atoms with Crippen molar-refractivity contribution >= 4 is 28.6 Å². The molecule has 0 saturated heterocycles. The minimum absolute atomic E-state index is 0.0204. The van der Waals surface area contributed by atoms with Gasteiger partial charge in [0.15, 0.2) is 5.16 Å². The highest BCUT2D eigenvalue weighted by Gasteiger charge is 2.22. The summed E-state index contributed by atoms with van der Waals surface area (Å²) in [6.45, 7) is 5.11. The first kappa shape index (κ1) is 20.7. The molecule has 156 valence electrons. The van der Waals surface area contributed by atoms with E-state index in [1.807, 2.05) is 30.3 Å². The quantitative estimate of drug-likeness (QED) is 0.429. The number of hydrogen-bond acceptors (Lipinski definition) is 4. The van der Waals surface area contributed by atoms with E-state index in [4.69, 9.17) is 4.98 Å². The molecule has 1 heterocycles. The predicted molar refractivity (Wildman–Crippen MR) is 123 cm³/mol. The normalized spacial score (nSPS) is 14.6. The smallest absolute Gasteiger partial charge is 0.266 e. The molecule has 5 nitrogen and oxygen atoms in total. The fraction of sp³-hybridized carbons (Fsp3) is 0.375. The number of carbonyl (C=O) groups excluding carboxylic acids is 1. The molecule has 1 unspecified atom stereocenters. The molecular weight excluding hydrogens is 394 g/mol. The first-order chi connectivity index (χ1) is 14.6. The van der Waals surface area contributed by atoms with Crippen LogP contribution in [-0.4, -0.2) is 27.8 Å². The number of amides is 1. The molecule has 1 N–H and O–H groups in total. The van der Waals surface area contributed by atoms with E-state index in [9.17, 15) is 9.59 Å². The van der Waals surface area contributed by atoms with Crippen molar-refractivity contribution in [3.63, 3.8) is 0 Å². The van der Waals surface area contributed by atoms with Gasteiger partial charge in [0.25, 0.3) is 5.56 Å². The van der Waals surface area contributed by atoms with Gasteiger partial charge in [-0.1, -0.05) is 49.9 Å². The number of carbonyl (C=O) groups is 1. The fourth-order valence-corrected chi connectivity index (χ4v) is 4.23. The van der Waals surface area contributed by atoms with Crippen molar-refractivity contribution < 1.29 is 4.79 Å². The molecule has 6 heteroatoms. The van der Waals surface area contributed by atoms with E-state index in [1.165, 1.54) is 30.2 Å². The second-order valence-electron chi connectivity index (χ2n) is 7.99. The molecule has 2 aromatic carbocycles. The average Bonchev–Trinajstić information content (AvgIpc) is 3.60. The van der Waals surface area contributed by atoms with Gasteiger partial charge in [0, 0.05) is 6.54 Å². The lowest BCUT2D eigenvalue weighted by atomic mass is 9.98. The van der Waals surface area contributed by atoms with Crippen molar-refractivity contribution in [3.8, 4) is 5.69 Å². The maximum absolute atomic E-state index is 13.3. The molecule has 1 fully saturated rings. The van der Waals surface area contributed by atoms with Crippen LogP contribution >= 0.6 is 11.8 Å². The van der Waals surface area contributed by atoms with E-state index in [1.54, 1.807) is 10.6 Å². The van der Waals surface area contributed by atoms with Gasteiger partial charge in [0.2, 0.25) is 5.91 Å². The van der Waals surface area contributed by atoms with E-state index in [2.05, 4.69) is 31.3 Å².